The van der Waals surface area contributed by atoms with Crippen LogP contribution in [0.1, 0.15) is 89.0 Å². The molecule has 3 aromatic rings. The van der Waals surface area contributed by atoms with Crippen LogP contribution in [0, 0.1) is 17.1 Å². The maximum atomic E-state index is 15.7. The summed E-state index contributed by atoms with van der Waals surface area (Å²) >= 11 is 0. The summed E-state index contributed by atoms with van der Waals surface area (Å²) in [5.74, 6) is -5.39. The van der Waals surface area contributed by atoms with Gasteiger partial charge in [0.2, 0.25) is 0 Å². The summed E-state index contributed by atoms with van der Waals surface area (Å²) in [7, 11) is 1.62. The van der Waals surface area contributed by atoms with Gasteiger partial charge in [0.05, 0.1) is 36.4 Å². The Morgan fingerprint density at radius 3 is 2.45 bits per heavy atom. The average molecular weight is 649 g/mol. The number of nitrogens with zero attached hydrogens (tertiary/aromatic N) is 4. The zero-order valence-electron chi connectivity index (χ0n) is 26.3. The number of amides is 2. The summed E-state index contributed by atoms with van der Waals surface area (Å²) in [5, 5.41) is 15.5. The molecule has 3 fully saturated rings. The van der Waals surface area contributed by atoms with Gasteiger partial charge in [-0.05, 0) is 81.0 Å². The third-order valence-corrected chi connectivity index (χ3v) is 8.94. The van der Waals surface area contributed by atoms with Crippen LogP contribution >= 0.6 is 0 Å². The highest BCUT2D eigenvalue weighted by Crippen LogP contribution is 2.42. The molecule has 0 unspecified atom stereocenters. The number of carbonyl (C=O) groups excluding carboxylic acids is 2. The molecule has 2 aromatic heterocycles. The maximum Gasteiger partial charge on any atom is 0.282 e. The van der Waals surface area contributed by atoms with Crippen LogP contribution < -0.4 is 16.2 Å². The van der Waals surface area contributed by atoms with Crippen molar-refractivity contribution in [3.8, 4) is 17.2 Å². The van der Waals surface area contributed by atoms with Gasteiger partial charge < -0.3 is 24.8 Å². The predicted molar refractivity (Wildman–Crippen MR) is 167 cm³/mol. The molecular formula is C34H35F3N6O4. The molecule has 1 aromatic carbocycles. The number of alkyl halides is 2. The molecule has 2 atom stereocenters. The zero-order chi connectivity index (χ0) is 33.6. The lowest BCUT2D eigenvalue weighted by molar-refractivity contribution is -0.113. The Morgan fingerprint density at radius 2 is 1.83 bits per heavy atom. The fourth-order valence-corrected chi connectivity index (χ4v) is 5.68. The minimum absolute atomic E-state index is 0.00309. The molecule has 2 aliphatic carbocycles. The van der Waals surface area contributed by atoms with Gasteiger partial charge in [0.1, 0.15) is 17.2 Å². The molecule has 2 amide bonds. The van der Waals surface area contributed by atoms with Gasteiger partial charge in [-0.25, -0.2) is 18.2 Å². The molecule has 0 bridgehead atoms. The van der Waals surface area contributed by atoms with Gasteiger partial charge >= 0.3 is 0 Å². The summed E-state index contributed by atoms with van der Waals surface area (Å²) in [6.45, 7) is 2.67. The van der Waals surface area contributed by atoms with E-state index in [1.165, 1.54) is 12.1 Å². The van der Waals surface area contributed by atoms with Gasteiger partial charge in [-0.1, -0.05) is 0 Å². The monoisotopic (exact) mass is 648 g/mol. The molecule has 1 saturated heterocycles. The third kappa shape index (κ3) is 6.94. The molecule has 13 heteroatoms. The van der Waals surface area contributed by atoms with E-state index in [0.29, 0.717) is 12.2 Å². The minimum atomic E-state index is -3.04. The molecule has 6 rings (SSSR count). The van der Waals surface area contributed by atoms with Crippen LogP contribution in [0.15, 0.2) is 41.3 Å². The van der Waals surface area contributed by atoms with Crippen molar-refractivity contribution in [1.29, 1.82) is 5.26 Å². The van der Waals surface area contributed by atoms with Crippen molar-refractivity contribution in [2.24, 2.45) is 0 Å². The van der Waals surface area contributed by atoms with Crippen molar-refractivity contribution in [3.05, 3.63) is 80.6 Å². The predicted octanol–water partition coefficient (Wildman–Crippen LogP) is 4.99. The van der Waals surface area contributed by atoms with Crippen LogP contribution in [0.3, 0.4) is 0 Å². The van der Waals surface area contributed by atoms with Crippen LogP contribution in [0.5, 0.6) is 0 Å². The molecule has 47 heavy (non-hydrogen) atoms. The summed E-state index contributed by atoms with van der Waals surface area (Å²) in [5.41, 5.74) is 0.371. The number of hydrogen-bond acceptors (Lipinski definition) is 7. The quantitative estimate of drug-likeness (QED) is 0.300. The van der Waals surface area contributed by atoms with E-state index in [4.69, 9.17) is 4.74 Å². The molecule has 10 nitrogen and oxygen atoms in total. The molecule has 246 valence electrons. The fraction of sp³-hybridized carbons (Fsp3) is 0.441. The standard InChI is InChI=1S/C34H35F3N6O4/c1-18(19(2)47-3)39-14-21-9-26(33(46)43(15-21)24-6-7-24)31(44)41-29-12-23(11-28(40-29)22-4-5-22)30-25(8-20(13-38)10-27(30)35)32(45)42-16-34(36,37)17-42/h8-12,15,18-19,22,24,39H,4-7,14,16-17H2,1-3H3,(H,40,41,44)/t18-,19-/m0/s1. The normalized spacial score (nSPS) is 18.2. The van der Waals surface area contributed by atoms with E-state index in [1.807, 2.05) is 19.9 Å². The summed E-state index contributed by atoms with van der Waals surface area (Å²) in [6, 6.07) is 8.50. The number of halogens is 3. The number of methoxy groups -OCH3 is 1. The average Bonchev–Trinajstić information content (AvgIpc) is 3.95. The van der Waals surface area contributed by atoms with Crippen molar-refractivity contribution in [1.82, 2.24) is 19.8 Å². The minimum Gasteiger partial charge on any atom is -0.380 e. The van der Waals surface area contributed by atoms with Crippen molar-refractivity contribution < 1.29 is 27.5 Å². The van der Waals surface area contributed by atoms with Gasteiger partial charge in [-0.2, -0.15) is 5.26 Å². The third-order valence-electron chi connectivity index (χ3n) is 8.94. The zero-order valence-corrected chi connectivity index (χ0v) is 26.3. The number of rotatable bonds is 11. The summed E-state index contributed by atoms with van der Waals surface area (Å²) in [4.78, 5) is 45.9. The smallest absolute Gasteiger partial charge is 0.282 e. The highest BCUT2D eigenvalue weighted by atomic mass is 19.3. The van der Waals surface area contributed by atoms with Crippen LogP contribution in [0.4, 0.5) is 19.0 Å². The number of aromatic nitrogens is 2. The van der Waals surface area contributed by atoms with E-state index in [2.05, 4.69) is 15.6 Å². The molecule has 3 heterocycles. The molecule has 1 aliphatic heterocycles. The Kier molecular flexibility index (Phi) is 8.67. The second-order valence-corrected chi connectivity index (χ2v) is 12.7. The number of carbonyl (C=O) groups is 2. The second kappa shape index (κ2) is 12.6. The number of nitriles is 1. The van der Waals surface area contributed by atoms with Gasteiger partial charge in [-0.15, -0.1) is 0 Å². The molecule has 3 aliphatic rings. The SMILES string of the molecule is CO[C@@H](C)[C@H](C)NCc1cc(C(=O)Nc2cc(-c3c(F)cc(C#N)cc3C(=O)N3CC(F)(F)C3)cc(C3CC3)n2)c(=O)n(C2CC2)c1. The van der Waals surface area contributed by atoms with E-state index >= 15 is 4.39 Å². The Balaban J connectivity index is 1.35. The molecule has 0 spiro atoms. The van der Waals surface area contributed by atoms with Crippen molar-refractivity contribution in [3.63, 3.8) is 0 Å². The van der Waals surface area contributed by atoms with Gasteiger partial charge in [0.25, 0.3) is 23.3 Å². The first kappa shape index (κ1) is 32.4. The molecule has 2 saturated carbocycles. The largest absolute Gasteiger partial charge is 0.380 e. The fourth-order valence-electron chi connectivity index (χ4n) is 5.68. The van der Waals surface area contributed by atoms with Crippen LogP contribution in [0.2, 0.25) is 0 Å². The van der Waals surface area contributed by atoms with E-state index in [-0.39, 0.29) is 57.7 Å². The van der Waals surface area contributed by atoms with Crippen LogP contribution in [-0.2, 0) is 11.3 Å². The van der Waals surface area contributed by atoms with E-state index in [1.54, 1.807) is 30.0 Å². The lowest BCUT2D eigenvalue weighted by Crippen LogP contribution is -2.58. The number of benzene rings is 1. The van der Waals surface area contributed by atoms with Crippen LogP contribution in [0.25, 0.3) is 11.1 Å². The Hall–Kier alpha value is -4.54. The molecule has 2 N–H and O–H groups in total. The topological polar surface area (TPSA) is 129 Å². The van der Waals surface area contributed by atoms with E-state index < -0.39 is 42.2 Å². The highest BCUT2D eigenvalue weighted by Gasteiger charge is 2.47. The van der Waals surface area contributed by atoms with Crippen LogP contribution in [-0.4, -0.2) is 64.5 Å². The van der Waals surface area contributed by atoms with Gasteiger partial charge in [-0.3, -0.25) is 14.4 Å². The summed E-state index contributed by atoms with van der Waals surface area (Å²) in [6.07, 6.45) is 4.99. The number of ether oxygens (including phenoxy) is 1. The van der Waals surface area contributed by atoms with Crippen molar-refractivity contribution in [2.45, 2.75) is 76.1 Å². The number of pyridine rings is 2. The van der Waals surface area contributed by atoms with Crippen molar-refractivity contribution >= 4 is 17.6 Å². The Morgan fingerprint density at radius 1 is 1.11 bits per heavy atom. The second-order valence-electron chi connectivity index (χ2n) is 12.7. The molecule has 0 radical (unpaired) electrons. The van der Waals surface area contributed by atoms with Crippen molar-refractivity contribution in [2.75, 3.05) is 25.5 Å². The first-order chi connectivity index (χ1) is 22.4. The first-order valence-corrected chi connectivity index (χ1v) is 15.6. The van der Waals surface area contributed by atoms with Gasteiger partial charge in [0, 0.05) is 49.1 Å². The van der Waals surface area contributed by atoms with E-state index in [9.17, 15) is 28.4 Å². The lowest BCUT2D eigenvalue weighted by Gasteiger charge is -2.39. The summed E-state index contributed by atoms with van der Waals surface area (Å²) < 4.78 is 49.9. The van der Waals surface area contributed by atoms with Gasteiger partial charge in [0.15, 0.2) is 0 Å². The Labute approximate surface area is 269 Å². The lowest BCUT2D eigenvalue weighted by atomic mass is 9.94. The Bertz CT molecular complexity index is 1840. The maximum absolute atomic E-state index is 15.7. The molecular weight excluding hydrogens is 613 g/mol. The van der Waals surface area contributed by atoms with E-state index in [0.717, 1.165) is 42.2 Å². The number of anilines is 1. The highest BCUT2D eigenvalue weighted by molar-refractivity contribution is 6.05. The number of likely N-dealkylation sites (tertiary alicyclic amines) is 1. The number of hydrogen-bond donors (Lipinski definition) is 2. The first-order valence-electron chi connectivity index (χ1n) is 15.6. The number of nitrogens with one attached hydrogen (secondary N) is 2.